The van der Waals surface area contributed by atoms with Crippen molar-refractivity contribution >= 4 is 22.6 Å². The van der Waals surface area contributed by atoms with E-state index in [4.69, 9.17) is 16.1 Å². The molecule has 1 aliphatic rings. The summed E-state index contributed by atoms with van der Waals surface area (Å²) >= 11 is 0. The summed E-state index contributed by atoms with van der Waals surface area (Å²) in [5, 5.41) is 8.74. The van der Waals surface area contributed by atoms with Gasteiger partial charge >= 0.3 is 0 Å². The number of nitrogens with two attached hydrogens (primary N) is 1. The van der Waals surface area contributed by atoms with Crippen molar-refractivity contribution in [3.8, 4) is 0 Å². The molecular formula is C16H20N4. The Hall–Kier alpha value is -2.10. The molecule has 3 N–H and O–H groups in total. The number of benzene rings is 1. The molecule has 0 saturated carbocycles. The molecule has 0 unspecified atom stereocenters. The molecule has 104 valence electrons. The SMILES string of the molecule is CC1CCN(c2cc(C(=N)N)c3ccccc3n2)CC1. The third kappa shape index (κ3) is 2.33. The Kier molecular flexibility index (Phi) is 3.30. The number of hydrogen-bond acceptors (Lipinski definition) is 3. The summed E-state index contributed by atoms with van der Waals surface area (Å²) < 4.78 is 0. The lowest BCUT2D eigenvalue weighted by molar-refractivity contribution is 0.437. The van der Waals surface area contributed by atoms with E-state index < -0.39 is 0 Å². The van der Waals surface area contributed by atoms with E-state index in [-0.39, 0.29) is 5.84 Å². The summed E-state index contributed by atoms with van der Waals surface area (Å²) in [4.78, 5) is 7.05. The number of nitrogens with zero attached hydrogens (tertiary/aromatic N) is 2. The predicted octanol–water partition coefficient (Wildman–Crippen LogP) is 2.76. The number of nitrogens with one attached hydrogen (secondary N) is 1. The maximum Gasteiger partial charge on any atom is 0.129 e. The van der Waals surface area contributed by atoms with Crippen LogP contribution in [0.4, 0.5) is 5.82 Å². The number of fused-ring (bicyclic) bond motifs is 1. The van der Waals surface area contributed by atoms with Crippen molar-refractivity contribution < 1.29 is 0 Å². The standard InChI is InChI=1S/C16H20N4/c1-11-6-8-20(9-7-11)15-10-13(16(17)18)12-4-2-3-5-14(12)19-15/h2-5,10-11H,6-9H2,1H3,(H3,17,18). The van der Waals surface area contributed by atoms with Crippen LogP contribution in [-0.2, 0) is 0 Å². The molecule has 1 aromatic carbocycles. The average Bonchev–Trinajstić information content (AvgIpc) is 2.46. The molecule has 20 heavy (non-hydrogen) atoms. The second-order valence-corrected chi connectivity index (χ2v) is 5.63. The highest BCUT2D eigenvalue weighted by molar-refractivity contribution is 6.07. The third-order valence-corrected chi connectivity index (χ3v) is 4.10. The van der Waals surface area contributed by atoms with Gasteiger partial charge in [0.1, 0.15) is 11.7 Å². The molecule has 0 atom stereocenters. The monoisotopic (exact) mass is 268 g/mol. The van der Waals surface area contributed by atoms with Gasteiger partial charge in [-0.1, -0.05) is 25.1 Å². The number of anilines is 1. The largest absolute Gasteiger partial charge is 0.384 e. The van der Waals surface area contributed by atoms with E-state index in [2.05, 4.69) is 11.8 Å². The second kappa shape index (κ2) is 5.12. The number of pyridine rings is 1. The number of aromatic nitrogens is 1. The van der Waals surface area contributed by atoms with E-state index >= 15 is 0 Å². The fraction of sp³-hybridized carbons (Fsp3) is 0.375. The van der Waals surface area contributed by atoms with Crippen LogP contribution >= 0.6 is 0 Å². The van der Waals surface area contributed by atoms with Crippen molar-refractivity contribution in [2.24, 2.45) is 11.7 Å². The van der Waals surface area contributed by atoms with Crippen LogP contribution in [0.1, 0.15) is 25.3 Å². The molecule has 1 saturated heterocycles. The first kappa shape index (κ1) is 12.9. The Bertz CT molecular complexity index is 642. The van der Waals surface area contributed by atoms with Gasteiger partial charge in [-0.15, -0.1) is 0 Å². The van der Waals surface area contributed by atoms with E-state index in [9.17, 15) is 0 Å². The Morgan fingerprint density at radius 1 is 1.30 bits per heavy atom. The normalized spacial score (nSPS) is 16.6. The summed E-state index contributed by atoms with van der Waals surface area (Å²) in [5.41, 5.74) is 7.43. The lowest BCUT2D eigenvalue weighted by Crippen LogP contribution is -2.33. The van der Waals surface area contributed by atoms with Crippen molar-refractivity contribution in [2.75, 3.05) is 18.0 Å². The topological polar surface area (TPSA) is 66.0 Å². The van der Waals surface area contributed by atoms with Crippen molar-refractivity contribution in [3.05, 3.63) is 35.9 Å². The van der Waals surface area contributed by atoms with Gasteiger partial charge in [0, 0.05) is 24.0 Å². The molecule has 0 aliphatic carbocycles. The first-order chi connectivity index (χ1) is 9.65. The molecule has 1 aromatic heterocycles. The van der Waals surface area contributed by atoms with E-state index in [1.165, 1.54) is 12.8 Å². The van der Waals surface area contributed by atoms with Gasteiger partial charge in [-0.3, -0.25) is 5.41 Å². The Morgan fingerprint density at radius 2 is 2.00 bits per heavy atom. The maximum absolute atomic E-state index is 7.79. The minimum Gasteiger partial charge on any atom is -0.384 e. The first-order valence-electron chi connectivity index (χ1n) is 7.14. The molecule has 0 spiro atoms. The minimum atomic E-state index is 0.107. The number of piperidine rings is 1. The summed E-state index contributed by atoms with van der Waals surface area (Å²) in [6, 6.07) is 9.85. The molecule has 0 bridgehead atoms. The molecule has 4 nitrogen and oxygen atoms in total. The molecule has 2 heterocycles. The average molecular weight is 268 g/mol. The highest BCUT2D eigenvalue weighted by atomic mass is 15.2. The highest BCUT2D eigenvalue weighted by Gasteiger charge is 2.18. The molecule has 0 radical (unpaired) electrons. The van der Waals surface area contributed by atoms with Crippen molar-refractivity contribution in [2.45, 2.75) is 19.8 Å². The zero-order valence-electron chi connectivity index (χ0n) is 11.8. The third-order valence-electron chi connectivity index (χ3n) is 4.10. The Balaban J connectivity index is 2.06. The van der Waals surface area contributed by atoms with Crippen LogP contribution in [0.3, 0.4) is 0 Å². The summed E-state index contributed by atoms with van der Waals surface area (Å²) in [5.74, 6) is 1.84. The number of nitrogen functional groups attached to an aromatic ring is 1. The molecule has 1 aliphatic heterocycles. The molecule has 4 heteroatoms. The van der Waals surface area contributed by atoms with Crippen molar-refractivity contribution in [3.63, 3.8) is 0 Å². The van der Waals surface area contributed by atoms with Crippen LogP contribution in [0, 0.1) is 11.3 Å². The summed E-state index contributed by atoms with van der Waals surface area (Å²) in [6.07, 6.45) is 2.40. The van der Waals surface area contributed by atoms with Gasteiger partial charge in [0.2, 0.25) is 0 Å². The lowest BCUT2D eigenvalue weighted by Gasteiger charge is -2.31. The van der Waals surface area contributed by atoms with E-state index in [0.29, 0.717) is 0 Å². The van der Waals surface area contributed by atoms with E-state index in [0.717, 1.165) is 41.3 Å². The van der Waals surface area contributed by atoms with E-state index in [1.807, 2.05) is 30.3 Å². The van der Waals surface area contributed by atoms with Crippen LogP contribution in [0.5, 0.6) is 0 Å². The maximum atomic E-state index is 7.79. The Morgan fingerprint density at radius 3 is 2.70 bits per heavy atom. The zero-order valence-corrected chi connectivity index (χ0v) is 11.8. The minimum absolute atomic E-state index is 0.107. The quantitative estimate of drug-likeness (QED) is 0.650. The van der Waals surface area contributed by atoms with E-state index in [1.54, 1.807) is 0 Å². The van der Waals surface area contributed by atoms with Crippen LogP contribution < -0.4 is 10.6 Å². The smallest absolute Gasteiger partial charge is 0.129 e. The number of rotatable bonds is 2. The second-order valence-electron chi connectivity index (χ2n) is 5.63. The lowest BCUT2D eigenvalue weighted by atomic mass is 9.99. The fourth-order valence-corrected chi connectivity index (χ4v) is 2.78. The van der Waals surface area contributed by atoms with Crippen LogP contribution in [0.15, 0.2) is 30.3 Å². The first-order valence-corrected chi connectivity index (χ1v) is 7.14. The zero-order chi connectivity index (χ0) is 14.1. The van der Waals surface area contributed by atoms with Crippen LogP contribution in [-0.4, -0.2) is 23.9 Å². The number of amidine groups is 1. The summed E-state index contributed by atoms with van der Waals surface area (Å²) in [7, 11) is 0. The highest BCUT2D eigenvalue weighted by Crippen LogP contribution is 2.26. The van der Waals surface area contributed by atoms with Gasteiger partial charge in [0.05, 0.1) is 5.52 Å². The predicted molar refractivity (Wildman–Crippen MR) is 83.4 cm³/mol. The molecule has 1 fully saturated rings. The van der Waals surface area contributed by atoms with Crippen molar-refractivity contribution in [1.29, 1.82) is 5.41 Å². The van der Waals surface area contributed by atoms with Crippen molar-refractivity contribution in [1.82, 2.24) is 4.98 Å². The van der Waals surface area contributed by atoms with Gasteiger partial charge in [-0.2, -0.15) is 0 Å². The van der Waals surface area contributed by atoms with Gasteiger partial charge in [-0.05, 0) is 30.9 Å². The molecule has 3 rings (SSSR count). The fourth-order valence-electron chi connectivity index (χ4n) is 2.78. The van der Waals surface area contributed by atoms with Crippen LogP contribution in [0.25, 0.3) is 10.9 Å². The molecule has 0 amide bonds. The number of para-hydroxylation sites is 1. The number of hydrogen-bond donors (Lipinski definition) is 2. The summed E-state index contributed by atoms with van der Waals surface area (Å²) in [6.45, 7) is 4.36. The molecule has 2 aromatic rings. The van der Waals surface area contributed by atoms with Crippen LogP contribution in [0.2, 0.25) is 0 Å². The molecular weight excluding hydrogens is 248 g/mol. The van der Waals surface area contributed by atoms with Gasteiger partial charge < -0.3 is 10.6 Å². The van der Waals surface area contributed by atoms with Gasteiger partial charge in [-0.25, -0.2) is 4.98 Å². The van der Waals surface area contributed by atoms with Gasteiger partial charge in [0.15, 0.2) is 0 Å². The van der Waals surface area contributed by atoms with Gasteiger partial charge in [0.25, 0.3) is 0 Å². The Labute approximate surface area is 119 Å².